The molecule has 0 saturated carbocycles. The van der Waals surface area contributed by atoms with Crippen LogP contribution < -0.4 is 55.7 Å². The topological polar surface area (TPSA) is 355 Å². The third-order valence-corrected chi connectivity index (χ3v) is 6.01. The minimum atomic E-state index is -1.51. The minimum absolute atomic E-state index is 0.00736. The van der Waals surface area contributed by atoms with Crippen LogP contribution in [0.25, 0.3) is 0 Å². The number of hydrogen-bond acceptors (Lipinski definition) is 10. The van der Waals surface area contributed by atoms with E-state index in [1.54, 1.807) is 0 Å². The van der Waals surface area contributed by atoms with Crippen molar-refractivity contribution in [1.29, 1.82) is 0 Å². The van der Waals surface area contributed by atoms with Crippen molar-refractivity contribution in [3.8, 4) is 0 Å². The van der Waals surface area contributed by atoms with Crippen LogP contribution in [0.4, 0.5) is 0 Å². The van der Waals surface area contributed by atoms with Crippen molar-refractivity contribution in [3.63, 3.8) is 0 Å². The second-order valence-electron chi connectivity index (χ2n) is 9.72. The van der Waals surface area contributed by atoms with Gasteiger partial charge >= 0.3 is 5.97 Å². The Bertz CT molecular complexity index is 970. The molecule has 0 aromatic carbocycles. The van der Waals surface area contributed by atoms with E-state index in [4.69, 9.17) is 39.5 Å². The molecule has 0 rings (SSSR count). The number of aliphatic carboxylic acids is 1. The van der Waals surface area contributed by atoms with Crippen molar-refractivity contribution in [3.05, 3.63) is 0 Å². The Morgan fingerprint density at radius 3 is 1.58 bits per heavy atom. The van der Waals surface area contributed by atoms with E-state index < -0.39 is 66.4 Å². The van der Waals surface area contributed by atoms with E-state index in [0.717, 1.165) is 0 Å². The molecule has 0 aliphatic rings. The average molecular weight is 617 g/mol. The number of hydrogen-bond donors (Lipinski definition) is 12. The molecule has 0 spiro atoms. The van der Waals surface area contributed by atoms with Crippen LogP contribution in [-0.4, -0.2) is 108 Å². The zero-order valence-corrected chi connectivity index (χ0v) is 24.5. The number of amides is 4. The molecule has 4 amide bonds. The number of carbonyl (C=O) groups is 5. The number of carboxylic acid groups (broad SMARTS) is 1. The number of rotatable bonds is 22. The van der Waals surface area contributed by atoms with Crippen LogP contribution in [0, 0.1) is 0 Å². The van der Waals surface area contributed by atoms with Crippen LogP contribution in [0.1, 0.15) is 51.9 Å². The summed E-state index contributed by atoms with van der Waals surface area (Å²) >= 11 is 0. The second-order valence-corrected chi connectivity index (χ2v) is 9.72. The fourth-order valence-electron chi connectivity index (χ4n) is 3.58. The van der Waals surface area contributed by atoms with E-state index in [0.29, 0.717) is 25.8 Å². The number of aliphatic hydroxyl groups excluding tert-OH is 1. The predicted molar refractivity (Wildman–Crippen MR) is 159 cm³/mol. The molecular formula is C24H48N12O7. The van der Waals surface area contributed by atoms with Crippen molar-refractivity contribution >= 4 is 41.5 Å². The monoisotopic (exact) mass is 616 g/mol. The molecule has 18 N–H and O–H groups in total. The average Bonchev–Trinajstić information content (AvgIpc) is 2.94. The first kappa shape index (κ1) is 38.8. The van der Waals surface area contributed by atoms with Gasteiger partial charge in [-0.25, -0.2) is 0 Å². The van der Waals surface area contributed by atoms with Gasteiger partial charge < -0.3 is 65.9 Å². The van der Waals surface area contributed by atoms with Gasteiger partial charge in [0, 0.05) is 13.1 Å². The molecule has 19 heteroatoms. The Labute approximate surface area is 250 Å². The van der Waals surface area contributed by atoms with Gasteiger partial charge in [0.1, 0.15) is 24.2 Å². The Balaban J connectivity index is 5.70. The van der Waals surface area contributed by atoms with Gasteiger partial charge in [0.05, 0.1) is 12.6 Å². The van der Waals surface area contributed by atoms with Gasteiger partial charge in [0.15, 0.2) is 11.9 Å². The number of guanidine groups is 2. The third kappa shape index (κ3) is 17.4. The summed E-state index contributed by atoms with van der Waals surface area (Å²) in [6.45, 7) is 1.10. The molecule has 0 saturated heterocycles. The molecule has 0 unspecified atom stereocenters. The van der Waals surface area contributed by atoms with Gasteiger partial charge in [-0.2, -0.15) is 0 Å². The lowest BCUT2D eigenvalue weighted by atomic mass is 10.0. The summed E-state index contributed by atoms with van der Waals surface area (Å²) in [5, 5.41) is 28.3. The highest BCUT2D eigenvalue weighted by Crippen LogP contribution is 2.06. The van der Waals surface area contributed by atoms with Crippen LogP contribution in [0.3, 0.4) is 0 Å². The highest BCUT2D eigenvalue weighted by molar-refractivity contribution is 5.95. The lowest BCUT2D eigenvalue weighted by molar-refractivity contribution is -0.142. The van der Waals surface area contributed by atoms with E-state index in [9.17, 15) is 29.1 Å². The SMILES string of the molecule is C[C@H](NC(=O)[C@H](CO)NC(=O)[C@H](CCCN=C(N)N)NC(=O)[C@H](CCCCN)NC(=O)[C@@H](N)CCCN=C(N)N)C(=O)O. The first-order chi connectivity index (χ1) is 20.2. The maximum atomic E-state index is 13.3. The number of unbranched alkanes of at least 4 members (excludes halogenated alkanes) is 1. The summed E-state index contributed by atoms with van der Waals surface area (Å²) < 4.78 is 0. The van der Waals surface area contributed by atoms with Gasteiger partial charge in [-0.15, -0.1) is 0 Å². The van der Waals surface area contributed by atoms with Crippen LogP contribution >= 0.6 is 0 Å². The first-order valence-corrected chi connectivity index (χ1v) is 13.8. The van der Waals surface area contributed by atoms with Crippen LogP contribution in [0.15, 0.2) is 9.98 Å². The molecule has 19 nitrogen and oxygen atoms in total. The molecule has 0 bridgehead atoms. The van der Waals surface area contributed by atoms with Crippen LogP contribution in [0.2, 0.25) is 0 Å². The van der Waals surface area contributed by atoms with Crippen molar-refractivity contribution < 1.29 is 34.2 Å². The van der Waals surface area contributed by atoms with Crippen molar-refractivity contribution in [2.75, 3.05) is 26.2 Å². The minimum Gasteiger partial charge on any atom is -0.480 e. The van der Waals surface area contributed by atoms with E-state index in [2.05, 4.69) is 31.3 Å². The second kappa shape index (κ2) is 21.5. The quantitative estimate of drug-likeness (QED) is 0.0307. The van der Waals surface area contributed by atoms with E-state index in [-0.39, 0.29) is 50.7 Å². The standard InChI is InChI=1S/C24H48N12O7/c1-13(22(42)43)33-21(41)17(12-37)36-20(40)16(8-5-11-32-24(29)30)35-19(39)15(7-2-3-9-25)34-18(38)14(26)6-4-10-31-23(27)28/h13-17,37H,2-12,25-26H2,1H3,(H,33,41)(H,34,38)(H,35,39)(H,36,40)(H,42,43)(H4,27,28,31)(H4,29,30,32)/t13-,14-,15-,16-,17-/m0/s1. The Kier molecular flexibility index (Phi) is 19.4. The molecule has 0 radical (unpaired) electrons. The van der Waals surface area contributed by atoms with Crippen molar-refractivity contribution in [1.82, 2.24) is 21.3 Å². The zero-order valence-electron chi connectivity index (χ0n) is 24.5. The largest absolute Gasteiger partial charge is 0.480 e. The van der Waals surface area contributed by atoms with Gasteiger partial charge in [-0.3, -0.25) is 34.0 Å². The fraction of sp³-hybridized carbons (Fsp3) is 0.708. The van der Waals surface area contributed by atoms with E-state index in [1.165, 1.54) is 6.92 Å². The number of aliphatic hydroxyl groups is 1. The third-order valence-electron chi connectivity index (χ3n) is 6.01. The van der Waals surface area contributed by atoms with Gasteiger partial charge in [-0.05, 0) is 58.4 Å². The lowest BCUT2D eigenvalue weighted by Gasteiger charge is -2.25. The first-order valence-electron chi connectivity index (χ1n) is 13.8. The Hall–Kier alpha value is -4.23. The number of nitrogens with zero attached hydrogens (tertiary/aromatic N) is 2. The molecule has 0 aromatic rings. The fourth-order valence-corrected chi connectivity index (χ4v) is 3.58. The predicted octanol–water partition coefficient (Wildman–Crippen LogP) is -5.41. The molecule has 5 atom stereocenters. The number of nitrogens with one attached hydrogen (secondary N) is 4. The van der Waals surface area contributed by atoms with E-state index in [1.807, 2.05) is 0 Å². The summed E-state index contributed by atoms with van der Waals surface area (Å²) in [6, 6.07) is -6.09. The summed E-state index contributed by atoms with van der Waals surface area (Å²) in [7, 11) is 0. The van der Waals surface area contributed by atoms with E-state index >= 15 is 0 Å². The number of carbonyl (C=O) groups excluding carboxylic acids is 4. The van der Waals surface area contributed by atoms with Gasteiger partial charge in [0.25, 0.3) is 0 Å². The summed E-state index contributed by atoms with van der Waals surface area (Å²) in [4.78, 5) is 70.3. The van der Waals surface area contributed by atoms with Crippen molar-refractivity contribution in [2.24, 2.45) is 44.4 Å². The van der Waals surface area contributed by atoms with Gasteiger partial charge in [-0.1, -0.05) is 0 Å². The molecular weight excluding hydrogens is 568 g/mol. The molecule has 0 aliphatic carbocycles. The highest BCUT2D eigenvalue weighted by atomic mass is 16.4. The maximum Gasteiger partial charge on any atom is 0.325 e. The molecule has 0 fully saturated rings. The summed E-state index contributed by atoms with van der Waals surface area (Å²) in [6.07, 6.45) is 2.12. The number of aliphatic imine (C=N–C) groups is 2. The number of nitrogens with two attached hydrogens (primary N) is 6. The summed E-state index contributed by atoms with van der Waals surface area (Å²) in [5.41, 5.74) is 32.8. The number of carboxylic acids is 1. The maximum absolute atomic E-state index is 13.3. The molecule has 43 heavy (non-hydrogen) atoms. The van der Waals surface area contributed by atoms with Crippen LogP contribution in [-0.2, 0) is 24.0 Å². The molecule has 246 valence electrons. The molecule has 0 heterocycles. The Morgan fingerprint density at radius 1 is 0.674 bits per heavy atom. The van der Waals surface area contributed by atoms with Crippen LogP contribution in [0.5, 0.6) is 0 Å². The lowest BCUT2D eigenvalue weighted by Crippen LogP contribution is -2.59. The van der Waals surface area contributed by atoms with Crippen molar-refractivity contribution in [2.45, 2.75) is 82.1 Å². The zero-order chi connectivity index (χ0) is 32.9. The van der Waals surface area contributed by atoms with Gasteiger partial charge in [0.2, 0.25) is 23.6 Å². The smallest absolute Gasteiger partial charge is 0.325 e. The Morgan fingerprint density at radius 2 is 1.12 bits per heavy atom. The molecule has 0 aliphatic heterocycles. The summed E-state index contributed by atoms with van der Waals surface area (Å²) in [5.74, 6) is -4.69. The highest BCUT2D eigenvalue weighted by Gasteiger charge is 2.30. The normalized spacial score (nSPS) is 14.1. The molecule has 0 aromatic heterocycles.